The third-order valence-corrected chi connectivity index (χ3v) is 4.89. The molecule has 0 aliphatic carbocycles. The predicted octanol–water partition coefficient (Wildman–Crippen LogP) is 4.63. The molecular formula is C15H14N2S2. The molecule has 1 aromatic heterocycles. The summed E-state index contributed by atoms with van der Waals surface area (Å²) in [5.41, 5.74) is 3.52. The molecule has 0 aliphatic rings. The molecule has 3 aromatic rings. The lowest BCUT2D eigenvalue weighted by Crippen LogP contribution is -1.98. The second-order valence-corrected chi connectivity index (χ2v) is 6.29. The molecule has 0 amide bonds. The normalized spacial score (nSPS) is 10.8. The molecule has 1 N–H and O–H groups in total. The lowest BCUT2D eigenvalue weighted by molar-refractivity contribution is 1.15. The molecule has 3 rings (SSSR count). The number of nitrogens with one attached hydrogen (secondary N) is 1. The molecule has 0 bridgehead atoms. The number of thioether (sulfide) groups is 1. The summed E-state index contributed by atoms with van der Waals surface area (Å²) in [5, 5.41) is 3.45. The zero-order valence-corrected chi connectivity index (χ0v) is 12.2. The summed E-state index contributed by atoms with van der Waals surface area (Å²) in [6, 6.07) is 16.8. The molecule has 4 heteroatoms. The molecule has 0 spiro atoms. The molecule has 0 atom stereocenters. The number of aromatic nitrogens is 1. The second kappa shape index (κ2) is 5.63. The third kappa shape index (κ3) is 2.91. The zero-order chi connectivity index (χ0) is 13.1. The van der Waals surface area contributed by atoms with Crippen LogP contribution in [0.1, 0.15) is 5.56 Å². The molecule has 1 heterocycles. The fraction of sp³-hybridized carbons (Fsp3) is 0.133. The van der Waals surface area contributed by atoms with Crippen LogP contribution in [0.5, 0.6) is 0 Å². The Bertz CT molecular complexity index is 677. The maximum atomic E-state index is 4.54. The van der Waals surface area contributed by atoms with E-state index in [-0.39, 0.29) is 0 Å². The van der Waals surface area contributed by atoms with Crippen molar-refractivity contribution in [2.75, 3.05) is 11.6 Å². The van der Waals surface area contributed by atoms with Gasteiger partial charge < -0.3 is 5.32 Å². The number of thiazole rings is 1. The SMILES string of the molecule is CSc1nc2ccc(NCc3ccccc3)cc2s1. The first-order chi connectivity index (χ1) is 9.35. The van der Waals surface area contributed by atoms with E-state index in [1.165, 1.54) is 10.3 Å². The highest BCUT2D eigenvalue weighted by Crippen LogP contribution is 2.30. The molecule has 2 aromatic carbocycles. The van der Waals surface area contributed by atoms with Gasteiger partial charge in [-0.05, 0) is 30.0 Å². The molecule has 0 unspecified atom stereocenters. The molecule has 0 saturated carbocycles. The van der Waals surface area contributed by atoms with Crippen LogP contribution in [-0.2, 0) is 6.54 Å². The molecule has 0 fully saturated rings. The fourth-order valence-electron chi connectivity index (χ4n) is 1.90. The van der Waals surface area contributed by atoms with E-state index in [1.54, 1.807) is 23.1 Å². The molecule has 0 saturated heterocycles. The summed E-state index contributed by atoms with van der Waals surface area (Å²) >= 11 is 3.44. The Balaban J connectivity index is 1.78. The van der Waals surface area contributed by atoms with Crippen LogP contribution in [0, 0.1) is 0 Å². The summed E-state index contributed by atoms with van der Waals surface area (Å²) in [4.78, 5) is 4.54. The van der Waals surface area contributed by atoms with Crippen molar-refractivity contribution in [1.82, 2.24) is 4.98 Å². The van der Waals surface area contributed by atoms with Gasteiger partial charge in [0.15, 0.2) is 4.34 Å². The number of benzene rings is 2. The first-order valence-corrected chi connectivity index (χ1v) is 8.11. The highest BCUT2D eigenvalue weighted by molar-refractivity contribution is 8.00. The lowest BCUT2D eigenvalue weighted by Gasteiger charge is -2.06. The summed E-state index contributed by atoms with van der Waals surface area (Å²) < 4.78 is 2.36. The quantitative estimate of drug-likeness (QED) is 0.708. The van der Waals surface area contributed by atoms with Crippen LogP contribution in [0.2, 0.25) is 0 Å². The Hall–Kier alpha value is -1.52. The number of anilines is 1. The van der Waals surface area contributed by atoms with Gasteiger partial charge in [-0.1, -0.05) is 42.1 Å². The Labute approximate surface area is 120 Å². The van der Waals surface area contributed by atoms with Crippen LogP contribution in [0.4, 0.5) is 5.69 Å². The Morgan fingerprint density at radius 1 is 1.16 bits per heavy atom. The van der Waals surface area contributed by atoms with Crippen LogP contribution in [0.25, 0.3) is 10.2 Å². The van der Waals surface area contributed by atoms with E-state index in [4.69, 9.17) is 0 Å². The van der Waals surface area contributed by atoms with Crippen molar-refractivity contribution < 1.29 is 0 Å². The van der Waals surface area contributed by atoms with Gasteiger partial charge in [-0.2, -0.15) is 0 Å². The minimum atomic E-state index is 0.848. The number of rotatable bonds is 4. The van der Waals surface area contributed by atoms with E-state index in [0.29, 0.717) is 0 Å². The third-order valence-electron chi connectivity index (χ3n) is 2.88. The largest absolute Gasteiger partial charge is 0.381 e. The Kier molecular flexibility index (Phi) is 3.71. The number of fused-ring (bicyclic) bond motifs is 1. The van der Waals surface area contributed by atoms with E-state index in [9.17, 15) is 0 Å². The van der Waals surface area contributed by atoms with Gasteiger partial charge in [-0.15, -0.1) is 11.3 Å². The van der Waals surface area contributed by atoms with Crippen molar-refractivity contribution in [3.63, 3.8) is 0 Å². The van der Waals surface area contributed by atoms with E-state index < -0.39 is 0 Å². The topological polar surface area (TPSA) is 24.9 Å². The van der Waals surface area contributed by atoms with Crippen molar-refractivity contribution in [2.24, 2.45) is 0 Å². The molecule has 96 valence electrons. The average Bonchev–Trinajstić information content (AvgIpc) is 2.88. The second-order valence-electron chi connectivity index (χ2n) is 4.21. The van der Waals surface area contributed by atoms with Gasteiger partial charge in [-0.25, -0.2) is 4.98 Å². The zero-order valence-electron chi connectivity index (χ0n) is 10.6. The smallest absolute Gasteiger partial charge is 0.150 e. The van der Waals surface area contributed by atoms with E-state index in [0.717, 1.165) is 22.1 Å². The molecule has 0 radical (unpaired) electrons. The minimum absolute atomic E-state index is 0.848. The van der Waals surface area contributed by atoms with Gasteiger partial charge in [0.25, 0.3) is 0 Å². The van der Waals surface area contributed by atoms with Crippen molar-refractivity contribution in [3.05, 3.63) is 54.1 Å². The first kappa shape index (κ1) is 12.5. The molecule has 0 aliphatic heterocycles. The number of nitrogens with zero attached hydrogens (tertiary/aromatic N) is 1. The maximum absolute atomic E-state index is 4.54. The van der Waals surface area contributed by atoms with Gasteiger partial charge in [0.2, 0.25) is 0 Å². The predicted molar refractivity (Wildman–Crippen MR) is 85.2 cm³/mol. The van der Waals surface area contributed by atoms with Crippen LogP contribution in [-0.4, -0.2) is 11.2 Å². The maximum Gasteiger partial charge on any atom is 0.150 e. The standard InChI is InChI=1S/C15H14N2S2/c1-18-15-17-13-8-7-12(9-14(13)19-15)16-10-11-5-3-2-4-6-11/h2-9,16H,10H2,1H3. The molecule has 2 nitrogen and oxygen atoms in total. The van der Waals surface area contributed by atoms with Crippen LogP contribution in [0.15, 0.2) is 52.9 Å². The summed E-state index contributed by atoms with van der Waals surface area (Å²) in [6.07, 6.45) is 2.06. The van der Waals surface area contributed by atoms with Gasteiger partial charge in [0, 0.05) is 12.2 Å². The van der Waals surface area contributed by atoms with E-state index in [2.05, 4.69) is 59.0 Å². The highest BCUT2D eigenvalue weighted by Gasteiger charge is 2.03. The summed E-state index contributed by atoms with van der Waals surface area (Å²) in [7, 11) is 0. The van der Waals surface area contributed by atoms with Crippen LogP contribution in [0.3, 0.4) is 0 Å². The van der Waals surface area contributed by atoms with Gasteiger partial charge >= 0.3 is 0 Å². The first-order valence-electron chi connectivity index (χ1n) is 6.07. The lowest BCUT2D eigenvalue weighted by atomic mass is 10.2. The van der Waals surface area contributed by atoms with Crippen molar-refractivity contribution in [3.8, 4) is 0 Å². The Morgan fingerprint density at radius 3 is 2.79 bits per heavy atom. The van der Waals surface area contributed by atoms with Crippen molar-refractivity contribution in [1.29, 1.82) is 0 Å². The monoisotopic (exact) mass is 286 g/mol. The fourth-order valence-corrected chi connectivity index (χ4v) is 3.43. The van der Waals surface area contributed by atoms with Gasteiger partial charge in [0.1, 0.15) is 0 Å². The van der Waals surface area contributed by atoms with Crippen LogP contribution >= 0.6 is 23.1 Å². The van der Waals surface area contributed by atoms with E-state index >= 15 is 0 Å². The van der Waals surface area contributed by atoms with E-state index in [1.807, 2.05) is 6.07 Å². The van der Waals surface area contributed by atoms with Crippen LogP contribution < -0.4 is 5.32 Å². The minimum Gasteiger partial charge on any atom is -0.381 e. The highest BCUT2D eigenvalue weighted by atomic mass is 32.2. The van der Waals surface area contributed by atoms with Crippen molar-refractivity contribution >= 4 is 39.0 Å². The Morgan fingerprint density at radius 2 is 2.00 bits per heavy atom. The van der Waals surface area contributed by atoms with Gasteiger partial charge in [-0.3, -0.25) is 0 Å². The van der Waals surface area contributed by atoms with Gasteiger partial charge in [0.05, 0.1) is 10.2 Å². The number of hydrogen-bond donors (Lipinski definition) is 1. The van der Waals surface area contributed by atoms with Crippen molar-refractivity contribution in [2.45, 2.75) is 10.9 Å². The summed E-state index contributed by atoms with van der Waals surface area (Å²) in [6.45, 7) is 0.848. The molecular weight excluding hydrogens is 272 g/mol. The molecule has 19 heavy (non-hydrogen) atoms. The average molecular weight is 286 g/mol. The number of hydrogen-bond acceptors (Lipinski definition) is 4. The summed E-state index contributed by atoms with van der Waals surface area (Å²) in [5.74, 6) is 0.